The molecule has 1 aliphatic rings. The summed E-state index contributed by atoms with van der Waals surface area (Å²) in [5.41, 5.74) is 0.531. The van der Waals surface area contributed by atoms with E-state index in [4.69, 9.17) is 4.74 Å². The molecular weight excluding hydrogens is 198 g/mol. The first-order chi connectivity index (χ1) is 7.68. The first-order valence-corrected chi connectivity index (χ1v) is 6.88. The SMILES string of the molecule is COCCC1(CNCC(C)C)CCCCC1. The Balaban J connectivity index is 2.36. The van der Waals surface area contributed by atoms with E-state index in [2.05, 4.69) is 19.2 Å². The molecule has 0 aromatic heterocycles. The fraction of sp³-hybridized carbons (Fsp3) is 1.00. The lowest BCUT2D eigenvalue weighted by Gasteiger charge is -2.37. The van der Waals surface area contributed by atoms with Crippen molar-refractivity contribution in [3.8, 4) is 0 Å². The minimum Gasteiger partial charge on any atom is -0.385 e. The average Bonchev–Trinajstić information content (AvgIpc) is 2.27. The van der Waals surface area contributed by atoms with Crippen molar-refractivity contribution in [1.82, 2.24) is 5.32 Å². The number of ether oxygens (including phenoxy) is 1. The third-order valence-corrected chi connectivity index (χ3v) is 3.80. The van der Waals surface area contributed by atoms with Crippen LogP contribution in [0.1, 0.15) is 52.4 Å². The van der Waals surface area contributed by atoms with Crippen LogP contribution in [0.2, 0.25) is 0 Å². The summed E-state index contributed by atoms with van der Waals surface area (Å²) in [6, 6.07) is 0. The van der Waals surface area contributed by atoms with Gasteiger partial charge in [0.15, 0.2) is 0 Å². The van der Waals surface area contributed by atoms with Crippen LogP contribution >= 0.6 is 0 Å². The number of hydrogen-bond donors (Lipinski definition) is 1. The molecule has 0 aromatic rings. The smallest absolute Gasteiger partial charge is 0.0468 e. The van der Waals surface area contributed by atoms with Crippen LogP contribution in [0, 0.1) is 11.3 Å². The highest BCUT2D eigenvalue weighted by Gasteiger charge is 2.31. The molecule has 2 heteroatoms. The van der Waals surface area contributed by atoms with Gasteiger partial charge >= 0.3 is 0 Å². The van der Waals surface area contributed by atoms with Crippen LogP contribution in [0.3, 0.4) is 0 Å². The van der Waals surface area contributed by atoms with Gasteiger partial charge in [0.1, 0.15) is 0 Å². The molecule has 0 atom stereocenters. The second-order valence-electron chi connectivity index (χ2n) is 5.83. The summed E-state index contributed by atoms with van der Waals surface area (Å²) in [6.45, 7) is 7.80. The second kappa shape index (κ2) is 7.29. The zero-order valence-electron chi connectivity index (χ0n) is 11.3. The molecule has 1 saturated carbocycles. The normalized spacial score (nSPS) is 20.2. The van der Waals surface area contributed by atoms with Crippen LogP contribution in [0.5, 0.6) is 0 Å². The van der Waals surface area contributed by atoms with E-state index in [1.54, 1.807) is 0 Å². The maximum atomic E-state index is 5.27. The van der Waals surface area contributed by atoms with E-state index in [1.807, 2.05) is 7.11 Å². The molecule has 1 rings (SSSR count). The van der Waals surface area contributed by atoms with Gasteiger partial charge in [0, 0.05) is 20.3 Å². The standard InChI is InChI=1S/C14H29NO/c1-13(2)11-15-12-14(9-10-16-3)7-5-4-6-8-14/h13,15H,4-12H2,1-3H3. The van der Waals surface area contributed by atoms with Crippen molar-refractivity contribution >= 4 is 0 Å². The van der Waals surface area contributed by atoms with Gasteiger partial charge in [-0.25, -0.2) is 0 Å². The van der Waals surface area contributed by atoms with Gasteiger partial charge in [-0.2, -0.15) is 0 Å². The van der Waals surface area contributed by atoms with Crippen LogP contribution in [-0.2, 0) is 4.74 Å². The third kappa shape index (κ3) is 4.84. The van der Waals surface area contributed by atoms with Crippen LogP contribution in [-0.4, -0.2) is 26.8 Å². The van der Waals surface area contributed by atoms with E-state index >= 15 is 0 Å². The van der Waals surface area contributed by atoms with Crippen molar-refractivity contribution in [2.75, 3.05) is 26.8 Å². The van der Waals surface area contributed by atoms with Gasteiger partial charge in [-0.1, -0.05) is 33.1 Å². The largest absolute Gasteiger partial charge is 0.385 e. The Morgan fingerprint density at radius 1 is 1.19 bits per heavy atom. The predicted octanol–water partition coefficient (Wildman–Crippen LogP) is 3.22. The van der Waals surface area contributed by atoms with Gasteiger partial charge in [0.05, 0.1) is 0 Å². The highest BCUT2D eigenvalue weighted by Crippen LogP contribution is 2.38. The van der Waals surface area contributed by atoms with Gasteiger partial charge in [0.25, 0.3) is 0 Å². The monoisotopic (exact) mass is 227 g/mol. The molecule has 1 fully saturated rings. The number of rotatable bonds is 7. The highest BCUT2D eigenvalue weighted by atomic mass is 16.5. The maximum Gasteiger partial charge on any atom is 0.0468 e. The zero-order valence-corrected chi connectivity index (χ0v) is 11.3. The molecule has 1 aliphatic carbocycles. The summed E-state index contributed by atoms with van der Waals surface area (Å²) in [5.74, 6) is 0.753. The fourth-order valence-electron chi connectivity index (χ4n) is 2.76. The Morgan fingerprint density at radius 3 is 2.44 bits per heavy atom. The lowest BCUT2D eigenvalue weighted by Crippen LogP contribution is -2.38. The van der Waals surface area contributed by atoms with Crippen molar-refractivity contribution in [3.63, 3.8) is 0 Å². The van der Waals surface area contributed by atoms with Crippen molar-refractivity contribution in [2.24, 2.45) is 11.3 Å². The average molecular weight is 227 g/mol. The minimum absolute atomic E-state index is 0.531. The first-order valence-electron chi connectivity index (χ1n) is 6.88. The summed E-state index contributed by atoms with van der Waals surface area (Å²) < 4.78 is 5.27. The van der Waals surface area contributed by atoms with Crippen LogP contribution in [0.4, 0.5) is 0 Å². The highest BCUT2D eigenvalue weighted by molar-refractivity contribution is 4.85. The van der Waals surface area contributed by atoms with Crippen LogP contribution in [0.25, 0.3) is 0 Å². The zero-order chi connectivity index (χ0) is 11.9. The molecule has 0 unspecified atom stereocenters. The molecule has 2 nitrogen and oxygen atoms in total. The molecule has 0 saturated heterocycles. The Morgan fingerprint density at radius 2 is 1.88 bits per heavy atom. The van der Waals surface area contributed by atoms with E-state index in [-0.39, 0.29) is 0 Å². The molecular formula is C14H29NO. The molecule has 0 bridgehead atoms. The molecule has 0 aromatic carbocycles. The lowest BCUT2D eigenvalue weighted by molar-refractivity contribution is 0.100. The van der Waals surface area contributed by atoms with E-state index < -0.39 is 0 Å². The summed E-state index contributed by atoms with van der Waals surface area (Å²) in [5, 5.41) is 3.65. The molecule has 16 heavy (non-hydrogen) atoms. The fourth-order valence-corrected chi connectivity index (χ4v) is 2.76. The van der Waals surface area contributed by atoms with Crippen LogP contribution < -0.4 is 5.32 Å². The van der Waals surface area contributed by atoms with Crippen molar-refractivity contribution < 1.29 is 4.74 Å². The van der Waals surface area contributed by atoms with E-state index in [9.17, 15) is 0 Å². The lowest BCUT2D eigenvalue weighted by atomic mass is 9.72. The van der Waals surface area contributed by atoms with Gasteiger partial charge in [0.2, 0.25) is 0 Å². The predicted molar refractivity (Wildman–Crippen MR) is 69.7 cm³/mol. The van der Waals surface area contributed by atoms with E-state index in [0.29, 0.717) is 5.41 Å². The summed E-state index contributed by atoms with van der Waals surface area (Å²) in [7, 11) is 1.82. The first kappa shape index (κ1) is 14.0. The quantitative estimate of drug-likeness (QED) is 0.721. The van der Waals surface area contributed by atoms with E-state index in [1.165, 1.54) is 45.1 Å². The Kier molecular flexibility index (Phi) is 6.37. The Hall–Kier alpha value is -0.0800. The van der Waals surface area contributed by atoms with E-state index in [0.717, 1.165) is 19.1 Å². The minimum atomic E-state index is 0.531. The summed E-state index contributed by atoms with van der Waals surface area (Å²) in [6.07, 6.45) is 8.26. The Labute approximate surface area is 101 Å². The topological polar surface area (TPSA) is 21.3 Å². The number of methoxy groups -OCH3 is 1. The Bertz CT molecular complexity index is 174. The van der Waals surface area contributed by atoms with Crippen molar-refractivity contribution in [2.45, 2.75) is 52.4 Å². The maximum absolute atomic E-state index is 5.27. The van der Waals surface area contributed by atoms with Gasteiger partial charge < -0.3 is 10.1 Å². The molecule has 0 spiro atoms. The molecule has 0 heterocycles. The van der Waals surface area contributed by atoms with Crippen molar-refractivity contribution in [1.29, 1.82) is 0 Å². The summed E-state index contributed by atoms with van der Waals surface area (Å²) in [4.78, 5) is 0. The summed E-state index contributed by atoms with van der Waals surface area (Å²) >= 11 is 0. The van der Waals surface area contributed by atoms with Crippen molar-refractivity contribution in [3.05, 3.63) is 0 Å². The molecule has 1 N–H and O–H groups in total. The molecule has 0 amide bonds. The molecule has 0 aliphatic heterocycles. The molecule has 0 radical (unpaired) electrons. The number of nitrogens with one attached hydrogen (secondary N) is 1. The van der Waals surface area contributed by atoms with Gasteiger partial charge in [-0.05, 0) is 37.1 Å². The number of hydrogen-bond acceptors (Lipinski definition) is 2. The van der Waals surface area contributed by atoms with Gasteiger partial charge in [-0.15, -0.1) is 0 Å². The third-order valence-electron chi connectivity index (χ3n) is 3.80. The van der Waals surface area contributed by atoms with Crippen LogP contribution in [0.15, 0.2) is 0 Å². The second-order valence-corrected chi connectivity index (χ2v) is 5.83. The van der Waals surface area contributed by atoms with Gasteiger partial charge in [-0.3, -0.25) is 0 Å². The molecule has 96 valence electrons.